The van der Waals surface area contributed by atoms with Crippen LogP contribution in [0.2, 0.25) is 0 Å². The lowest BCUT2D eigenvalue weighted by Crippen LogP contribution is -2.35. The highest BCUT2D eigenvalue weighted by atomic mass is 16.5. The van der Waals surface area contributed by atoms with Gasteiger partial charge in [0.2, 0.25) is 0 Å². The van der Waals surface area contributed by atoms with Crippen molar-refractivity contribution >= 4 is 0 Å². The molecule has 1 aromatic rings. The Balaban J connectivity index is 1.92. The van der Waals surface area contributed by atoms with E-state index >= 15 is 0 Å². The molecule has 1 aliphatic heterocycles. The van der Waals surface area contributed by atoms with Crippen molar-refractivity contribution in [2.45, 2.75) is 38.9 Å². The summed E-state index contributed by atoms with van der Waals surface area (Å²) >= 11 is 0. The van der Waals surface area contributed by atoms with Crippen LogP contribution in [0.1, 0.15) is 26.7 Å². The zero-order valence-electron chi connectivity index (χ0n) is 11.6. The van der Waals surface area contributed by atoms with Crippen molar-refractivity contribution in [2.75, 3.05) is 20.1 Å². The van der Waals surface area contributed by atoms with Gasteiger partial charge in [-0.25, -0.2) is 0 Å². The molecule has 3 nitrogen and oxygen atoms in total. The van der Waals surface area contributed by atoms with E-state index in [1.807, 2.05) is 38.1 Å². The highest BCUT2D eigenvalue weighted by molar-refractivity contribution is 5.33. The van der Waals surface area contributed by atoms with Crippen LogP contribution in [-0.4, -0.2) is 37.2 Å². The maximum atomic E-state index is 6.02. The zero-order valence-corrected chi connectivity index (χ0v) is 11.6. The number of nitrogens with zero attached hydrogens (tertiary/aromatic N) is 1. The van der Waals surface area contributed by atoms with Gasteiger partial charge in [0.1, 0.15) is 17.6 Å². The summed E-state index contributed by atoms with van der Waals surface area (Å²) in [6, 6.07) is 7.95. The minimum atomic E-state index is 0.198. The van der Waals surface area contributed by atoms with Crippen molar-refractivity contribution in [2.24, 2.45) is 0 Å². The Bertz CT molecular complexity index is 371. The molecule has 0 N–H and O–H groups in total. The molecule has 0 spiro atoms. The molecule has 18 heavy (non-hydrogen) atoms. The molecule has 1 saturated heterocycles. The maximum Gasteiger partial charge on any atom is 0.123 e. The first-order chi connectivity index (χ1) is 8.63. The van der Waals surface area contributed by atoms with Gasteiger partial charge in [-0.2, -0.15) is 0 Å². The summed E-state index contributed by atoms with van der Waals surface area (Å²) in [5.74, 6) is 1.80. The molecule has 0 unspecified atom stereocenters. The number of likely N-dealkylation sites (tertiary alicyclic amines) is 1. The second-order valence-electron chi connectivity index (χ2n) is 5.26. The van der Waals surface area contributed by atoms with Gasteiger partial charge >= 0.3 is 0 Å². The Morgan fingerprint density at radius 3 is 2.50 bits per heavy atom. The fraction of sp³-hybridized carbons (Fsp3) is 0.600. The van der Waals surface area contributed by atoms with E-state index in [1.165, 1.54) is 0 Å². The summed E-state index contributed by atoms with van der Waals surface area (Å²) in [6.45, 7) is 6.30. The Morgan fingerprint density at radius 1 is 1.17 bits per heavy atom. The van der Waals surface area contributed by atoms with Crippen LogP contribution in [0.25, 0.3) is 0 Å². The van der Waals surface area contributed by atoms with E-state index in [0.29, 0.717) is 6.10 Å². The van der Waals surface area contributed by atoms with Gasteiger partial charge in [0.25, 0.3) is 0 Å². The standard InChI is InChI=1S/C15H23NO2/c1-12(2)17-14-5-4-6-15(11-14)18-13-7-9-16(3)10-8-13/h4-6,11-13H,7-10H2,1-3H3. The lowest BCUT2D eigenvalue weighted by molar-refractivity contribution is 0.114. The van der Waals surface area contributed by atoms with Crippen molar-refractivity contribution < 1.29 is 9.47 Å². The van der Waals surface area contributed by atoms with E-state index < -0.39 is 0 Å². The third kappa shape index (κ3) is 3.91. The SMILES string of the molecule is CC(C)Oc1cccc(OC2CCN(C)CC2)c1. The Kier molecular flexibility index (Phi) is 4.48. The van der Waals surface area contributed by atoms with Crippen LogP contribution < -0.4 is 9.47 Å². The Hall–Kier alpha value is -1.22. The van der Waals surface area contributed by atoms with Crippen molar-refractivity contribution in [1.82, 2.24) is 4.90 Å². The van der Waals surface area contributed by atoms with Crippen LogP contribution in [0.5, 0.6) is 11.5 Å². The quantitative estimate of drug-likeness (QED) is 0.819. The Morgan fingerprint density at radius 2 is 1.83 bits per heavy atom. The third-order valence-corrected chi connectivity index (χ3v) is 3.15. The molecule has 0 radical (unpaired) electrons. The third-order valence-electron chi connectivity index (χ3n) is 3.15. The summed E-state index contributed by atoms with van der Waals surface area (Å²) in [5, 5.41) is 0. The van der Waals surface area contributed by atoms with Crippen LogP contribution in [0.4, 0.5) is 0 Å². The van der Waals surface area contributed by atoms with Gasteiger partial charge in [0.05, 0.1) is 6.10 Å². The number of rotatable bonds is 4. The molecule has 3 heteroatoms. The van der Waals surface area contributed by atoms with E-state index in [1.54, 1.807) is 0 Å². The molecular weight excluding hydrogens is 226 g/mol. The fourth-order valence-electron chi connectivity index (χ4n) is 2.19. The first kappa shape index (κ1) is 13.2. The van der Waals surface area contributed by atoms with Crippen molar-refractivity contribution in [3.05, 3.63) is 24.3 Å². The molecule has 0 aromatic heterocycles. The first-order valence-electron chi connectivity index (χ1n) is 6.75. The van der Waals surface area contributed by atoms with Crippen molar-refractivity contribution in [3.63, 3.8) is 0 Å². The summed E-state index contributed by atoms with van der Waals surface area (Å²) in [5.41, 5.74) is 0. The van der Waals surface area contributed by atoms with Crippen molar-refractivity contribution in [3.8, 4) is 11.5 Å². The predicted octanol–water partition coefficient (Wildman–Crippen LogP) is 2.95. The van der Waals surface area contributed by atoms with Crippen LogP contribution >= 0.6 is 0 Å². The second-order valence-corrected chi connectivity index (χ2v) is 5.26. The molecule has 0 bridgehead atoms. The van der Waals surface area contributed by atoms with Gasteiger partial charge in [-0.1, -0.05) is 6.07 Å². The topological polar surface area (TPSA) is 21.7 Å². The largest absolute Gasteiger partial charge is 0.491 e. The number of benzene rings is 1. The summed E-state index contributed by atoms with van der Waals surface area (Å²) < 4.78 is 11.7. The molecule has 0 atom stereocenters. The van der Waals surface area contributed by atoms with Gasteiger partial charge in [-0.3, -0.25) is 0 Å². The average molecular weight is 249 g/mol. The fourth-order valence-corrected chi connectivity index (χ4v) is 2.19. The Labute approximate surface area is 110 Å². The van der Waals surface area contributed by atoms with Gasteiger partial charge in [-0.15, -0.1) is 0 Å². The van der Waals surface area contributed by atoms with Crippen LogP contribution in [0.15, 0.2) is 24.3 Å². The van der Waals surface area contributed by atoms with Crippen LogP contribution in [0.3, 0.4) is 0 Å². The minimum Gasteiger partial charge on any atom is -0.491 e. The molecule has 1 fully saturated rings. The number of hydrogen-bond donors (Lipinski definition) is 0. The molecule has 1 aliphatic rings. The summed E-state index contributed by atoms with van der Waals surface area (Å²) in [4.78, 5) is 2.35. The smallest absolute Gasteiger partial charge is 0.123 e. The molecule has 0 aliphatic carbocycles. The van der Waals surface area contributed by atoms with Crippen LogP contribution in [-0.2, 0) is 0 Å². The first-order valence-corrected chi connectivity index (χ1v) is 6.75. The molecule has 100 valence electrons. The normalized spacial score (nSPS) is 18.0. The minimum absolute atomic E-state index is 0.198. The molecule has 0 amide bonds. The molecule has 2 rings (SSSR count). The van der Waals surface area contributed by atoms with E-state index in [9.17, 15) is 0 Å². The molecular formula is C15H23NO2. The second kappa shape index (κ2) is 6.10. The zero-order chi connectivity index (χ0) is 13.0. The average Bonchev–Trinajstić information content (AvgIpc) is 2.32. The number of hydrogen-bond acceptors (Lipinski definition) is 3. The number of ether oxygens (including phenoxy) is 2. The van der Waals surface area contributed by atoms with Gasteiger partial charge in [0, 0.05) is 19.2 Å². The highest BCUT2D eigenvalue weighted by Crippen LogP contribution is 2.23. The lowest BCUT2D eigenvalue weighted by Gasteiger charge is -2.29. The lowest BCUT2D eigenvalue weighted by atomic mass is 10.1. The van der Waals surface area contributed by atoms with E-state index in [0.717, 1.165) is 37.4 Å². The molecule has 1 aromatic carbocycles. The number of piperidine rings is 1. The monoisotopic (exact) mass is 249 g/mol. The van der Waals surface area contributed by atoms with Crippen molar-refractivity contribution in [1.29, 1.82) is 0 Å². The van der Waals surface area contributed by atoms with Gasteiger partial charge in [-0.05, 0) is 45.9 Å². The van der Waals surface area contributed by atoms with Gasteiger partial charge < -0.3 is 14.4 Å². The van der Waals surface area contributed by atoms with E-state index in [2.05, 4.69) is 11.9 Å². The van der Waals surface area contributed by atoms with Crippen LogP contribution in [0, 0.1) is 0 Å². The van der Waals surface area contributed by atoms with E-state index in [4.69, 9.17) is 9.47 Å². The highest BCUT2D eigenvalue weighted by Gasteiger charge is 2.18. The maximum absolute atomic E-state index is 6.02. The molecule has 0 saturated carbocycles. The van der Waals surface area contributed by atoms with Gasteiger partial charge in [0.15, 0.2) is 0 Å². The molecule has 1 heterocycles. The predicted molar refractivity (Wildman–Crippen MR) is 73.4 cm³/mol. The summed E-state index contributed by atoms with van der Waals surface area (Å²) in [7, 11) is 2.16. The summed E-state index contributed by atoms with van der Waals surface area (Å²) in [6.07, 6.45) is 2.75. The van der Waals surface area contributed by atoms with E-state index in [-0.39, 0.29) is 6.10 Å².